The van der Waals surface area contributed by atoms with Crippen molar-refractivity contribution in [1.29, 1.82) is 0 Å². The molecule has 0 unspecified atom stereocenters. The van der Waals surface area contributed by atoms with E-state index in [1.54, 1.807) is 19.1 Å². The maximum absolute atomic E-state index is 11.9. The molecule has 0 bridgehead atoms. The molecule has 2 rings (SSSR count). The molecule has 1 fully saturated rings. The summed E-state index contributed by atoms with van der Waals surface area (Å²) in [7, 11) is 0. The van der Waals surface area contributed by atoms with Gasteiger partial charge in [-0.15, -0.1) is 0 Å². The maximum atomic E-state index is 11.9. The molecule has 4 heteroatoms. The summed E-state index contributed by atoms with van der Waals surface area (Å²) in [5.74, 6) is -0.332. The monoisotopic (exact) mass is 221 g/mol. The molecule has 1 aromatic heterocycles. The molecule has 1 aliphatic rings. The number of pyridine rings is 1. The number of aryl methyl sites for hydroxylation is 1. The molecule has 0 amide bonds. The van der Waals surface area contributed by atoms with E-state index in [1.807, 2.05) is 6.07 Å². The zero-order valence-corrected chi connectivity index (χ0v) is 9.53. The summed E-state index contributed by atoms with van der Waals surface area (Å²) in [6, 6.07) is 5.31. The van der Waals surface area contributed by atoms with Crippen LogP contribution in [-0.2, 0) is 15.1 Å². The van der Waals surface area contributed by atoms with Gasteiger partial charge in [0.1, 0.15) is 0 Å². The van der Waals surface area contributed by atoms with Crippen molar-refractivity contribution in [2.24, 2.45) is 0 Å². The van der Waals surface area contributed by atoms with Crippen molar-refractivity contribution >= 4 is 5.97 Å². The average Bonchev–Trinajstić information content (AvgIpc) is 2.16. The smallest absolute Gasteiger partial charge is 0.303 e. The second kappa shape index (κ2) is 3.77. The summed E-state index contributed by atoms with van der Waals surface area (Å²) in [6.45, 7) is 3.13. The standard InChI is InChI=1S/C12H15NO3/c1-9-5-3-6-11(13(9)15)12(7-4-8-12)16-10(2)14/h3,5-6H,4,7-8H2,1-2H3. The van der Waals surface area contributed by atoms with Gasteiger partial charge < -0.3 is 9.94 Å². The normalized spacial score (nSPS) is 17.6. The second-order valence-electron chi connectivity index (χ2n) is 4.29. The van der Waals surface area contributed by atoms with Crippen molar-refractivity contribution in [3.63, 3.8) is 0 Å². The van der Waals surface area contributed by atoms with Crippen molar-refractivity contribution in [3.8, 4) is 0 Å². The van der Waals surface area contributed by atoms with Gasteiger partial charge >= 0.3 is 5.97 Å². The highest BCUT2D eigenvalue weighted by molar-refractivity contribution is 5.66. The third-order valence-corrected chi connectivity index (χ3v) is 3.10. The molecule has 0 aliphatic heterocycles. The number of hydrogen-bond acceptors (Lipinski definition) is 3. The van der Waals surface area contributed by atoms with Crippen LogP contribution in [0, 0.1) is 12.1 Å². The Hall–Kier alpha value is -1.58. The first kappa shape index (κ1) is 10.9. The summed E-state index contributed by atoms with van der Waals surface area (Å²) in [5, 5.41) is 11.9. The first-order chi connectivity index (χ1) is 7.55. The van der Waals surface area contributed by atoms with Crippen molar-refractivity contribution in [2.75, 3.05) is 0 Å². The Bertz CT molecular complexity index is 424. The minimum absolute atomic E-state index is 0.332. The number of carbonyl (C=O) groups is 1. The molecule has 0 radical (unpaired) electrons. The van der Waals surface area contributed by atoms with Gasteiger partial charge in [-0.05, 0) is 25.3 Å². The Balaban J connectivity index is 2.40. The lowest BCUT2D eigenvalue weighted by Gasteiger charge is -2.38. The van der Waals surface area contributed by atoms with E-state index in [1.165, 1.54) is 6.92 Å². The largest absolute Gasteiger partial charge is 0.618 e. The third-order valence-electron chi connectivity index (χ3n) is 3.10. The fraction of sp³-hybridized carbons (Fsp3) is 0.500. The van der Waals surface area contributed by atoms with Gasteiger partial charge in [-0.25, -0.2) is 0 Å². The van der Waals surface area contributed by atoms with Crippen molar-refractivity contribution < 1.29 is 14.3 Å². The van der Waals surface area contributed by atoms with Crippen LogP contribution in [0.2, 0.25) is 0 Å². The number of aromatic nitrogens is 1. The first-order valence-corrected chi connectivity index (χ1v) is 5.44. The third kappa shape index (κ3) is 1.64. The number of rotatable bonds is 2. The van der Waals surface area contributed by atoms with Crippen LogP contribution in [0.5, 0.6) is 0 Å². The number of hydrogen-bond donors (Lipinski definition) is 0. The molecule has 0 atom stereocenters. The summed E-state index contributed by atoms with van der Waals surface area (Å²) in [4.78, 5) is 11.1. The van der Waals surface area contributed by atoms with Gasteiger partial charge in [0.15, 0.2) is 11.3 Å². The molecule has 0 saturated heterocycles. The van der Waals surface area contributed by atoms with E-state index >= 15 is 0 Å². The van der Waals surface area contributed by atoms with E-state index < -0.39 is 5.60 Å². The summed E-state index contributed by atoms with van der Waals surface area (Å²) in [6.07, 6.45) is 2.46. The molecular formula is C12H15NO3. The summed E-state index contributed by atoms with van der Waals surface area (Å²) >= 11 is 0. The SMILES string of the molecule is CC(=O)OC1(c2cccc(C)[n+]2[O-])CCC1. The average molecular weight is 221 g/mol. The van der Waals surface area contributed by atoms with Gasteiger partial charge in [0, 0.05) is 26.0 Å². The molecule has 0 N–H and O–H groups in total. The van der Waals surface area contributed by atoms with Crippen molar-refractivity contribution in [1.82, 2.24) is 0 Å². The number of nitrogens with zero attached hydrogens (tertiary/aromatic N) is 1. The summed E-state index contributed by atoms with van der Waals surface area (Å²) in [5.41, 5.74) is 0.490. The number of ether oxygens (including phenoxy) is 1. The van der Waals surface area contributed by atoms with Crippen LogP contribution in [0.1, 0.15) is 37.6 Å². The molecular weight excluding hydrogens is 206 g/mol. The highest BCUT2D eigenvalue weighted by atomic mass is 16.6. The Morgan fingerprint density at radius 1 is 1.50 bits per heavy atom. The molecule has 1 heterocycles. The van der Waals surface area contributed by atoms with E-state index in [0.717, 1.165) is 24.0 Å². The van der Waals surface area contributed by atoms with Gasteiger partial charge in [0.05, 0.1) is 0 Å². The van der Waals surface area contributed by atoms with E-state index in [0.29, 0.717) is 11.4 Å². The van der Waals surface area contributed by atoms with Gasteiger partial charge in [0.25, 0.3) is 0 Å². The first-order valence-electron chi connectivity index (χ1n) is 5.44. The number of esters is 1. The van der Waals surface area contributed by atoms with Crippen molar-refractivity contribution in [3.05, 3.63) is 34.8 Å². The number of carbonyl (C=O) groups excluding carboxylic acids is 1. The lowest BCUT2D eigenvalue weighted by molar-refractivity contribution is -0.630. The molecule has 16 heavy (non-hydrogen) atoms. The van der Waals surface area contributed by atoms with Gasteiger partial charge in [-0.1, -0.05) is 0 Å². The Morgan fingerprint density at radius 2 is 2.19 bits per heavy atom. The van der Waals surface area contributed by atoms with Gasteiger partial charge in [-0.3, -0.25) is 4.79 Å². The zero-order valence-electron chi connectivity index (χ0n) is 9.53. The van der Waals surface area contributed by atoms with E-state index in [2.05, 4.69) is 0 Å². The van der Waals surface area contributed by atoms with E-state index in [4.69, 9.17) is 4.74 Å². The van der Waals surface area contributed by atoms with Crippen molar-refractivity contribution in [2.45, 2.75) is 38.7 Å². The highest BCUT2D eigenvalue weighted by Gasteiger charge is 2.48. The Morgan fingerprint density at radius 3 is 2.69 bits per heavy atom. The van der Waals surface area contributed by atoms with Crippen LogP contribution in [0.4, 0.5) is 0 Å². The van der Waals surface area contributed by atoms with Gasteiger partial charge in [0.2, 0.25) is 5.69 Å². The molecule has 1 aromatic rings. The van der Waals surface area contributed by atoms with Crippen LogP contribution >= 0.6 is 0 Å². The van der Waals surface area contributed by atoms with E-state index in [9.17, 15) is 10.0 Å². The maximum Gasteiger partial charge on any atom is 0.303 e. The molecule has 1 aliphatic carbocycles. The molecule has 86 valence electrons. The quantitative estimate of drug-likeness (QED) is 0.432. The van der Waals surface area contributed by atoms with Crippen LogP contribution in [0.15, 0.2) is 18.2 Å². The predicted molar refractivity (Wildman–Crippen MR) is 57.4 cm³/mol. The Kier molecular flexibility index (Phi) is 2.58. The topological polar surface area (TPSA) is 53.2 Å². The van der Waals surface area contributed by atoms with Crippen LogP contribution in [0.25, 0.3) is 0 Å². The molecule has 0 aromatic carbocycles. The van der Waals surface area contributed by atoms with Crippen LogP contribution in [0.3, 0.4) is 0 Å². The van der Waals surface area contributed by atoms with E-state index in [-0.39, 0.29) is 5.97 Å². The lowest BCUT2D eigenvalue weighted by Crippen LogP contribution is -2.49. The molecule has 1 saturated carbocycles. The van der Waals surface area contributed by atoms with Crippen LogP contribution in [-0.4, -0.2) is 5.97 Å². The van der Waals surface area contributed by atoms with Crippen LogP contribution < -0.4 is 4.73 Å². The Labute approximate surface area is 94.4 Å². The fourth-order valence-corrected chi connectivity index (χ4v) is 2.12. The predicted octanol–water partition coefficient (Wildman–Crippen LogP) is 1.57. The molecule has 0 spiro atoms. The lowest BCUT2D eigenvalue weighted by atomic mass is 9.77. The summed E-state index contributed by atoms with van der Waals surface area (Å²) < 4.78 is 6.20. The molecule has 4 nitrogen and oxygen atoms in total. The highest BCUT2D eigenvalue weighted by Crippen LogP contribution is 2.43. The fourth-order valence-electron chi connectivity index (χ4n) is 2.12. The zero-order chi connectivity index (χ0) is 11.8. The second-order valence-corrected chi connectivity index (χ2v) is 4.29. The minimum Gasteiger partial charge on any atom is -0.618 e. The van der Waals surface area contributed by atoms with Gasteiger partial charge in [-0.2, -0.15) is 4.73 Å². The minimum atomic E-state index is -0.681.